The van der Waals surface area contributed by atoms with Crippen molar-refractivity contribution in [1.82, 2.24) is 9.78 Å². The highest BCUT2D eigenvalue weighted by atomic mass is 16.7. The zero-order chi connectivity index (χ0) is 18.6. The van der Waals surface area contributed by atoms with Gasteiger partial charge in [0.25, 0.3) is 0 Å². The van der Waals surface area contributed by atoms with Crippen LogP contribution in [0.3, 0.4) is 0 Å². The molecule has 1 heterocycles. The molecule has 25 heavy (non-hydrogen) atoms. The summed E-state index contributed by atoms with van der Waals surface area (Å²) < 4.78 is 1.16. The summed E-state index contributed by atoms with van der Waals surface area (Å²) in [6.45, 7) is 3.49. The maximum absolute atomic E-state index is 12.2. The summed E-state index contributed by atoms with van der Waals surface area (Å²) in [4.78, 5) is 27.2. The molecule has 0 aliphatic carbocycles. The quantitative estimate of drug-likeness (QED) is 0.201. The van der Waals surface area contributed by atoms with Gasteiger partial charge in [-0.15, -0.1) is 0 Å². The van der Waals surface area contributed by atoms with Gasteiger partial charge in [0.15, 0.2) is 11.9 Å². The van der Waals surface area contributed by atoms with Gasteiger partial charge in [-0.25, -0.2) is 4.79 Å². The summed E-state index contributed by atoms with van der Waals surface area (Å²) >= 11 is 0. The second kappa shape index (κ2) is 7.43. The Labute approximate surface area is 143 Å². The summed E-state index contributed by atoms with van der Waals surface area (Å²) in [5.41, 5.74) is 13.2. The number of amidine groups is 1. The molecule has 1 unspecified atom stereocenters. The van der Waals surface area contributed by atoms with Crippen molar-refractivity contribution in [3.8, 4) is 0 Å². The highest BCUT2D eigenvalue weighted by Crippen LogP contribution is 2.18. The van der Waals surface area contributed by atoms with Crippen LogP contribution in [0.4, 0.5) is 11.4 Å². The summed E-state index contributed by atoms with van der Waals surface area (Å²) in [6.07, 6.45) is 2.53. The SMILES string of the molecule is CCC(C(=O)O/N=C(\N)c1cccc(N)c1C)n1cc([N+](=O)[O-])cn1. The van der Waals surface area contributed by atoms with Gasteiger partial charge in [-0.05, 0) is 25.0 Å². The Hall–Kier alpha value is -3.43. The zero-order valence-electron chi connectivity index (χ0n) is 13.7. The van der Waals surface area contributed by atoms with Gasteiger partial charge in [-0.2, -0.15) is 5.10 Å². The standard InChI is InChI=1S/C15H18N6O4/c1-3-13(20-8-10(7-18-20)21(23)24)15(22)25-19-14(17)11-5-4-6-12(16)9(11)2/h4-8,13H,3,16H2,1-2H3,(H2,17,19). The summed E-state index contributed by atoms with van der Waals surface area (Å²) in [6, 6.07) is 4.27. The van der Waals surface area contributed by atoms with Crippen LogP contribution in [0, 0.1) is 17.0 Å². The van der Waals surface area contributed by atoms with E-state index in [-0.39, 0.29) is 11.5 Å². The molecule has 1 aromatic carbocycles. The van der Waals surface area contributed by atoms with Crippen LogP contribution in [0.2, 0.25) is 0 Å². The van der Waals surface area contributed by atoms with Crippen molar-refractivity contribution in [3.05, 3.63) is 51.8 Å². The molecule has 2 rings (SSSR count). The minimum absolute atomic E-state index is 0.000510. The summed E-state index contributed by atoms with van der Waals surface area (Å²) in [5, 5.41) is 18.2. The number of oxime groups is 1. The van der Waals surface area contributed by atoms with E-state index in [0.29, 0.717) is 17.7 Å². The zero-order valence-corrected chi connectivity index (χ0v) is 13.7. The van der Waals surface area contributed by atoms with E-state index in [4.69, 9.17) is 16.3 Å². The number of anilines is 1. The molecule has 0 bridgehead atoms. The average molecular weight is 346 g/mol. The van der Waals surface area contributed by atoms with Crippen LogP contribution in [-0.2, 0) is 9.63 Å². The number of carbonyl (C=O) groups excluding carboxylic acids is 1. The lowest BCUT2D eigenvalue weighted by atomic mass is 10.1. The Kier molecular flexibility index (Phi) is 5.32. The molecule has 0 saturated carbocycles. The van der Waals surface area contributed by atoms with Gasteiger partial charge in [0.1, 0.15) is 12.4 Å². The molecule has 1 atom stereocenters. The van der Waals surface area contributed by atoms with Crippen LogP contribution in [0.1, 0.15) is 30.5 Å². The van der Waals surface area contributed by atoms with E-state index in [0.717, 1.165) is 22.6 Å². The molecule has 10 heteroatoms. The van der Waals surface area contributed by atoms with E-state index in [2.05, 4.69) is 10.3 Å². The van der Waals surface area contributed by atoms with Crippen molar-refractivity contribution in [1.29, 1.82) is 0 Å². The number of nitrogen functional groups attached to an aromatic ring is 1. The van der Waals surface area contributed by atoms with Crippen LogP contribution in [-0.4, -0.2) is 26.5 Å². The number of hydrogen-bond acceptors (Lipinski definition) is 7. The molecule has 132 valence electrons. The Morgan fingerprint density at radius 1 is 1.52 bits per heavy atom. The molecule has 0 spiro atoms. The molecule has 2 aromatic rings. The normalized spacial score (nSPS) is 12.6. The van der Waals surface area contributed by atoms with Crippen molar-refractivity contribution in [3.63, 3.8) is 0 Å². The Morgan fingerprint density at radius 3 is 2.84 bits per heavy atom. The second-order valence-corrected chi connectivity index (χ2v) is 5.27. The number of rotatable bonds is 6. The molecule has 0 amide bonds. The van der Waals surface area contributed by atoms with Crippen molar-refractivity contribution in [2.75, 3.05) is 5.73 Å². The molecular formula is C15H18N6O4. The average Bonchev–Trinajstić information content (AvgIpc) is 3.06. The van der Waals surface area contributed by atoms with Crippen molar-refractivity contribution >= 4 is 23.2 Å². The van der Waals surface area contributed by atoms with Crippen LogP contribution in [0.15, 0.2) is 35.7 Å². The molecule has 10 nitrogen and oxygen atoms in total. The minimum Gasteiger partial charge on any atom is -0.398 e. The van der Waals surface area contributed by atoms with Crippen molar-refractivity contribution < 1.29 is 14.6 Å². The second-order valence-electron chi connectivity index (χ2n) is 5.27. The van der Waals surface area contributed by atoms with Gasteiger partial charge in [-0.1, -0.05) is 24.2 Å². The fraction of sp³-hybridized carbons (Fsp3) is 0.267. The number of nitrogens with zero attached hydrogens (tertiary/aromatic N) is 4. The third kappa shape index (κ3) is 3.91. The molecule has 0 saturated heterocycles. The Bertz CT molecular complexity index is 829. The first-order chi connectivity index (χ1) is 11.8. The van der Waals surface area contributed by atoms with Gasteiger partial charge in [0.05, 0.1) is 4.92 Å². The van der Waals surface area contributed by atoms with Crippen LogP contribution in [0.5, 0.6) is 0 Å². The fourth-order valence-electron chi connectivity index (χ4n) is 2.19. The van der Waals surface area contributed by atoms with Gasteiger partial charge in [-0.3, -0.25) is 14.8 Å². The number of benzene rings is 1. The number of nitrogens with two attached hydrogens (primary N) is 2. The molecule has 4 N–H and O–H groups in total. The van der Waals surface area contributed by atoms with E-state index < -0.39 is 16.9 Å². The summed E-state index contributed by atoms with van der Waals surface area (Å²) in [7, 11) is 0. The molecular weight excluding hydrogens is 328 g/mol. The first-order valence-corrected chi connectivity index (χ1v) is 7.43. The fourth-order valence-corrected chi connectivity index (χ4v) is 2.19. The predicted molar refractivity (Wildman–Crippen MR) is 90.6 cm³/mol. The Morgan fingerprint density at radius 2 is 2.24 bits per heavy atom. The minimum atomic E-state index is -0.854. The molecule has 1 aromatic heterocycles. The van der Waals surface area contributed by atoms with Crippen LogP contribution >= 0.6 is 0 Å². The van der Waals surface area contributed by atoms with Crippen LogP contribution in [0.25, 0.3) is 0 Å². The predicted octanol–water partition coefficient (Wildman–Crippen LogP) is 1.50. The highest BCUT2D eigenvalue weighted by molar-refractivity contribution is 5.99. The number of carbonyl (C=O) groups is 1. The van der Waals surface area contributed by atoms with Gasteiger partial charge >= 0.3 is 11.7 Å². The third-order valence-electron chi connectivity index (χ3n) is 3.66. The lowest BCUT2D eigenvalue weighted by Gasteiger charge is -2.12. The van der Waals surface area contributed by atoms with Gasteiger partial charge in [0.2, 0.25) is 0 Å². The smallest absolute Gasteiger partial charge is 0.359 e. The number of aromatic nitrogens is 2. The van der Waals surface area contributed by atoms with Gasteiger partial charge in [0, 0.05) is 11.3 Å². The highest BCUT2D eigenvalue weighted by Gasteiger charge is 2.24. The Balaban J connectivity index is 2.16. The molecule has 0 aliphatic rings. The maximum atomic E-state index is 12.2. The van der Waals surface area contributed by atoms with E-state index in [1.807, 2.05) is 0 Å². The van der Waals surface area contributed by atoms with E-state index >= 15 is 0 Å². The van der Waals surface area contributed by atoms with Gasteiger partial charge < -0.3 is 16.3 Å². The molecule has 0 fully saturated rings. The van der Waals surface area contributed by atoms with E-state index in [1.165, 1.54) is 0 Å². The van der Waals surface area contributed by atoms with E-state index in [9.17, 15) is 14.9 Å². The topological polar surface area (TPSA) is 152 Å². The van der Waals surface area contributed by atoms with Crippen LogP contribution < -0.4 is 11.5 Å². The maximum Gasteiger partial charge on any atom is 0.359 e. The first-order valence-electron chi connectivity index (χ1n) is 7.43. The van der Waals surface area contributed by atoms with E-state index in [1.54, 1.807) is 32.0 Å². The molecule has 0 aliphatic heterocycles. The van der Waals surface area contributed by atoms with Crippen molar-refractivity contribution in [2.24, 2.45) is 10.9 Å². The first kappa shape index (κ1) is 17.9. The largest absolute Gasteiger partial charge is 0.398 e. The van der Waals surface area contributed by atoms with Crippen molar-refractivity contribution in [2.45, 2.75) is 26.3 Å². The third-order valence-corrected chi connectivity index (χ3v) is 3.66. The number of nitro groups is 1. The molecule has 0 radical (unpaired) electrons. The lowest BCUT2D eigenvalue weighted by Crippen LogP contribution is -2.22. The monoisotopic (exact) mass is 346 g/mol. The lowest BCUT2D eigenvalue weighted by molar-refractivity contribution is -0.385. The summed E-state index contributed by atoms with van der Waals surface area (Å²) in [5.74, 6) is -0.732. The number of hydrogen-bond donors (Lipinski definition) is 2.